The zero-order valence-electron chi connectivity index (χ0n) is 14.0. The predicted molar refractivity (Wildman–Crippen MR) is 102 cm³/mol. The number of nitrogens with zero attached hydrogens (tertiary/aromatic N) is 3. The van der Waals surface area contributed by atoms with E-state index in [1.54, 1.807) is 0 Å². The SMILES string of the molecule is CCNC(=NCCCN1CCCC1)N1CCC(C)(C)C1.I. The number of rotatable bonds is 5. The van der Waals surface area contributed by atoms with Crippen LogP contribution in [0.2, 0.25) is 0 Å². The predicted octanol–water partition coefficient (Wildman–Crippen LogP) is 2.79. The Kier molecular flexibility index (Phi) is 8.31. The van der Waals surface area contributed by atoms with Gasteiger partial charge in [-0.15, -0.1) is 24.0 Å². The maximum Gasteiger partial charge on any atom is 0.193 e. The normalized spacial score (nSPS) is 22.4. The van der Waals surface area contributed by atoms with Gasteiger partial charge in [-0.05, 0) is 57.7 Å². The molecule has 2 aliphatic heterocycles. The molecule has 124 valence electrons. The molecule has 2 heterocycles. The van der Waals surface area contributed by atoms with Crippen LogP contribution in [0.25, 0.3) is 0 Å². The Morgan fingerprint density at radius 1 is 1.19 bits per heavy atom. The summed E-state index contributed by atoms with van der Waals surface area (Å²) in [6.45, 7) is 14.9. The van der Waals surface area contributed by atoms with Crippen LogP contribution in [0, 0.1) is 5.41 Å². The maximum atomic E-state index is 4.83. The zero-order valence-corrected chi connectivity index (χ0v) is 16.4. The Morgan fingerprint density at radius 3 is 2.48 bits per heavy atom. The molecular weight excluding hydrogens is 375 g/mol. The molecule has 1 N–H and O–H groups in total. The van der Waals surface area contributed by atoms with Gasteiger partial charge in [-0.2, -0.15) is 0 Å². The fraction of sp³-hybridized carbons (Fsp3) is 0.938. The summed E-state index contributed by atoms with van der Waals surface area (Å²) in [6.07, 6.45) is 5.22. The summed E-state index contributed by atoms with van der Waals surface area (Å²) in [5.41, 5.74) is 0.436. The number of nitrogens with one attached hydrogen (secondary N) is 1. The number of hydrogen-bond donors (Lipinski definition) is 1. The molecule has 0 atom stereocenters. The average Bonchev–Trinajstić information content (AvgIpc) is 3.02. The summed E-state index contributed by atoms with van der Waals surface area (Å²) >= 11 is 0. The lowest BCUT2D eigenvalue weighted by atomic mass is 9.93. The highest BCUT2D eigenvalue weighted by atomic mass is 127. The molecule has 0 aliphatic carbocycles. The molecule has 2 aliphatic rings. The van der Waals surface area contributed by atoms with Gasteiger partial charge in [0.25, 0.3) is 0 Å². The minimum absolute atomic E-state index is 0. The highest BCUT2D eigenvalue weighted by Gasteiger charge is 2.30. The number of hydrogen-bond acceptors (Lipinski definition) is 2. The maximum absolute atomic E-state index is 4.83. The number of likely N-dealkylation sites (tertiary alicyclic amines) is 2. The van der Waals surface area contributed by atoms with Crippen molar-refractivity contribution >= 4 is 29.9 Å². The van der Waals surface area contributed by atoms with E-state index in [4.69, 9.17) is 4.99 Å². The first-order valence-electron chi connectivity index (χ1n) is 8.36. The van der Waals surface area contributed by atoms with Crippen molar-refractivity contribution in [2.45, 2.75) is 46.5 Å². The van der Waals surface area contributed by atoms with E-state index in [0.717, 1.165) is 32.1 Å². The number of halogens is 1. The first kappa shape index (κ1) is 19.0. The molecule has 21 heavy (non-hydrogen) atoms. The van der Waals surface area contributed by atoms with Crippen LogP contribution in [0.5, 0.6) is 0 Å². The Hall–Kier alpha value is -0.0400. The second-order valence-electron chi connectivity index (χ2n) is 6.97. The molecular formula is C16H33IN4. The lowest BCUT2D eigenvalue weighted by molar-refractivity contribution is 0.335. The molecule has 0 aromatic carbocycles. The van der Waals surface area contributed by atoms with E-state index < -0.39 is 0 Å². The molecule has 2 fully saturated rings. The molecule has 2 rings (SSSR count). The van der Waals surface area contributed by atoms with Gasteiger partial charge in [0.2, 0.25) is 0 Å². The van der Waals surface area contributed by atoms with Gasteiger partial charge >= 0.3 is 0 Å². The molecule has 0 spiro atoms. The van der Waals surface area contributed by atoms with Crippen LogP contribution >= 0.6 is 24.0 Å². The second-order valence-corrected chi connectivity index (χ2v) is 6.97. The number of aliphatic imine (C=N–C) groups is 1. The Bertz CT molecular complexity index is 324. The van der Waals surface area contributed by atoms with E-state index in [0.29, 0.717) is 5.41 Å². The third kappa shape index (κ3) is 6.30. The lowest BCUT2D eigenvalue weighted by Gasteiger charge is -2.23. The Balaban J connectivity index is 0.00000220. The Morgan fingerprint density at radius 2 is 1.90 bits per heavy atom. The van der Waals surface area contributed by atoms with E-state index in [1.807, 2.05) is 0 Å². The molecule has 0 unspecified atom stereocenters. The van der Waals surface area contributed by atoms with Gasteiger partial charge in [-0.1, -0.05) is 13.8 Å². The minimum Gasteiger partial charge on any atom is -0.357 e. The molecule has 0 aromatic rings. The van der Waals surface area contributed by atoms with Crippen molar-refractivity contribution in [1.29, 1.82) is 0 Å². The van der Waals surface area contributed by atoms with E-state index in [2.05, 4.69) is 35.9 Å². The molecule has 4 nitrogen and oxygen atoms in total. The smallest absolute Gasteiger partial charge is 0.193 e. The molecule has 0 aromatic heterocycles. The standard InChI is InChI=1S/C16H32N4.HI/c1-4-17-15(20-13-8-16(2,3)14-20)18-9-7-12-19-10-5-6-11-19;/h4-14H2,1-3H3,(H,17,18);1H. The molecule has 2 saturated heterocycles. The quantitative estimate of drug-likeness (QED) is 0.329. The van der Waals surface area contributed by atoms with Crippen molar-refractivity contribution in [2.75, 3.05) is 45.8 Å². The average molecular weight is 408 g/mol. The summed E-state index contributed by atoms with van der Waals surface area (Å²) in [5.74, 6) is 1.12. The fourth-order valence-corrected chi connectivity index (χ4v) is 3.20. The summed E-state index contributed by atoms with van der Waals surface area (Å²) < 4.78 is 0. The van der Waals surface area contributed by atoms with Crippen LogP contribution in [-0.4, -0.2) is 61.6 Å². The molecule has 5 heteroatoms. The van der Waals surface area contributed by atoms with Crippen molar-refractivity contribution in [3.63, 3.8) is 0 Å². The van der Waals surface area contributed by atoms with Crippen LogP contribution in [0.3, 0.4) is 0 Å². The van der Waals surface area contributed by atoms with Crippen LogP contribution in [0.4, 0.5) is 0 Å². The fourth-order valence-electron chi connectivity index (χ4n) is 3.20. The van der Waals surface area contributed by atoms with E-state index >= 15 is 0 Å². The third-order valence-electron chi connectivity index (χ3n) is 4.40. The van der Waals surface area contributed by atoms with Crippen LogP contribution < -0.4 is 5.32 Å². The van der Waals surface area contributed by atoms with Gasteiger partial charge in [0.15, 0.2) is 5.96 Å². The first-order valence-corrected chi connectivity index (χ1v) is 8.36. The first-order chi connectivity index (χ1) is 9.61. The van der Waals surface area contributed by atoms with Crippen molar-refractivity contribution in [3.05, 3.63) is 0 Å². The monoisotopic (exact) mass is 408 g/mol. The number of guanidine groups is 1. The Labute approximate surface area is 147 Å². The van der Waals surface area contributed by atoms with Crippen molar-refractivity contribution in [2.24, 2.45) is 10.4 Å². The van der Waals surface area contributed by atoms with Crippen LogP contribution in [0.15, 0.2) is 4.99 Å². The van der Waals surface area contributed by atoms with Crippen molar-refractivity contribution in [3.8, 4) is 0 Å². The van der Waals surface area contributed by atoms with Crippen molar-refractivity contribution < 1.29 is 0 Å². The molecule has 0 bridgehead atoms. The van der Waals surface area contributed by atoms with E-state index in [1.165, 1.54) is 45.3 Å². The summed E-state index contributed by atoms with van der Waals surface area (Å²) in [6, 6.07) is 0. The largest absolute Gasteiger partial charge is 0.357 e. The van der Waals surface area contributed by atoms with Gasteiger partial charge in [0, 0.05) is 26.2 Å². The van der Waals surface area contributed by atoms with E-state index in [9.17, 15) is 0 Å². The highest BCUT2D eigenvalue weighted by Crippen LogP contribution is 2.28. The van der Waals surface area contributed by atoms with Gasteiger partial charge in [0.1, 0.15) is 0 Å². The minimum atomic E-state index is 0. The van der Waals surface area contributed by atoms with Gasteiger partial charge in [-0.25, -0.2) is 0 Å². The summed E-state index contributed by atoms with van der Waals surface area (Å²) in [4.78, 5) is 9.83. The second kappa shape index (κ2) is 9.18. The zero-order chi connectivity index (χ0) is 14.4. The van der Waals surface area contributed by atoms with E-state index in [-0.39, 0.29) is 24.0 Å². The molecule has 0 saturated carbocycles. The molecule has 0 radical (unpaired) electrons. The van der Waals surface area contributed by atoms with Gasteiger partial charge in [0.05, 0.1) is 0 Å². The summed E-state index contributed by atoms with van der Waals surface area (Å²) in [5, 5.41) is 3.45. The topological polar surface area (TPSA) is 30.9 Å². The lowest BCUT2D eigenvalue weighted by Crippen LogP contribution is -2.40. The van der Waals surface area contributed by atoms with Crippen LogP contribution in [-0.2, 0) is 0 Å². The van der Waals surface area contributed by atoms with Gasteiger partial charge < -0.3 is 15.1 Å². The highest BCUT2D eigenvalue weighted by molar-refractivity contribution is 14.0. The van der Waals surface area contributed by atoms with Crippen molar-refractivity contribution in [1.82, 2.24) is 15.1 Å². The summed E-state index contributed by atoms with van der Waals surface area (Å²) in [7, 11) is 0. The molecule has 0 amide bonds. The van der Waals surface area contributed by atoms with Crippen LogP contribution in [0.1, 0.15) is 46.5 Å². The van der Waals surface area contributed by atoms with Gasteiger partial charge in [-0.3, -0.25) is 4.99 Å². The third-order valence-corrected chi connectivity index (χ3v) is 4.40.